The minimum Gasteiger partial charge on any atom is -0.475 e. The second-order valence-corrected chi connectivity index (χ2v) is 6.02. The highest BCUT2D eigenvalue weighted by molar-refractivity contribution is 5.84. The molecule has 1 aromatic carbocycles. The first kappa shape index (κ1) is 27.2. The zero-order valence-corrected chi connectivity index (χ0v) is 16.8. The number of nitrogens with zero attached hydrogens (tertiary/aromatic N) is 2. The van der Waals surface area contributed by atoms with E-state index in [1.54, 1.807) is 22.8 Å². The summed E-state index contributed by atoms with van der Waals surface area (Å²) in [5.74, 6) is -2.42. The summed E-state index contributed by atoms with van der Waals surface area (Å²) in [5.41, 5.74) is 11.9. The number of hydrogen-bond acceptors (Lipinski definition) is 5. The van der Waals surface area contributed by atoms with Crippen LogP contribution in [0.25, 0.3) is 16.7 Å². The highest BCUT2D eigenvalue weighted by atomic mass is 19.4. The molecule has 0 fully saturated rings. The largest absolute Gasteiger partial charge is 0.573 e. The van der Waals surface area contributed by atoms with Crippen LogP contribution in [0.3, 0.4) is 0 Å². The van der Waals surface area contributed by atoms with Crippen molar-refractivity contribution in [3.05, 3.63) is 53.9 Å². The molecule has 0 unspecified atom stereocenters. The Balaban J connectivity index is 0.000000462. The van der Waals surface area contributed by atoms with Crippen LogP contribution < -0.4 is 16.2 Å². The number of nitrogens with two attached hydrogens (primary N) is 2. The number of pyridine rings is 1. The summed E-state index contributed by atoms with van der Waals surface area (Å²) in [5, 5.41) is 7.93. The van der Waals surface area contributed by atoms with Gasteiger partial charge >= 0.3 is 18.5 Å². The van der Waals surface area contributed by atoms with E-state index in [0.717, 1.165) is 11.1 Å². The van der Waals surface area contributed by atoms with Gasteiger partial charge in [-0.3, -0.25) is 9.36 Å². The van der Waals surface area contributed by atoms with Gasteiger partial charge in [-0.25, -0.2) is 9.78 Å². The molecule has 3 aromatic rings. The number of ether oxygens (including phenoxy) is 1. The molecule has 14 heteroatoms. The number of amides is 1. The van der Waals surface area contributed by atoms with E-state index in [1.165, 1.54) is 12.1 Å². The molecule has 2 aromatic heterocycles. The van der Waals surface area contributed by atoms with Crippen molar-refractivity contribution in [3.8, 4) is 11.6 Å². The van der Waals surface area contributed by atoms with Crippen LogP contribution in [0.4, 0.5) is 26.3 Å². The molecule has 33 heavy (non-hydrogen) atoms. The lowest BCUT2D eigenvalue weighted by Gasteiger charge is -2.11. The Morgan fingerprint density at radius 3 is 2.21 bits per heavy atom. The number of aromatic nitrogens is 2. The van der Waals surface area contributed by atoms with Crippen molar-refractivity contribution < 1.29 is 45.8 Å². The zero-order valence-electron chi connectivity index (χ0n) is 16.8. The summed E-state index contributed by atoms with van der Waals surface area (Å²) in [6.45, 7) is 2.15. The van der Waals surface area contributed by atoms with Gasteiger partial charge in [0.2, 0.25) is 6.41 Å². The maximum Gasteiger partial charge on any atom is 0.573 e. The minimum absolute atomic E-state index is 0.250. The van der Waals surface area contributed by atoms with Crippen molar-refractivity contribution >= 4 is 23.3 Å². The van der Waals surface area contributed by atoms with Crippen molar-refractivity contribution in [3.63, 3.8) is 0 Å². The Morgan fingerprint density at radius 2 is 1.73 bits per heavy atom. The van der Waals surface area contributed by atoms with Gasteiger partial charge in [0.05, 0.1) is 11.2 Å². The number of hydrogen-bond donors (Lipinski definition) is 3. The fraction of sp³-hybridized carbons (Fsp3) is 0.211. The first-order valence-electron chi connectivity index (χ1n) is 8.73. The Morgan fingerprint density at radius 1 is 1.15 bits per heavy atom. The van der Waals surface area contributed by atoms with Crippen molar-refractivity contribution in [2.75, 3.05) is 0 Å². The van der Waals surface area contributed by atoms with Gasteiger partial charge in [-0.05, 0) is 37.3 Å². The molecule has 0 saturated heterocycles. The third-order valence-electron chi connectivity index (χ3n) is 3.67. The first-order valence-corrected chi connectivity index (χ1v) is 8.73. The van der Waals surface area contributed by atoms with Crippen molar-refractivity contribution in [2.45, 2.75) is 26.0 Å². The smallest absolute Gasteiger partial charge is 0.475 e. The van der Waals surface area contributed by atoms with E-state index in [4.69, 9.17) is 20.4 Å². The first-order chi connectivity index (χ1) is 15.2. The van der Waals surface area contributed by atoms with E-state index >= 15 is 0 Å². The number of primary amides is 1. The second-order valence-electron chi connectivity index (χ2n) is 6.02. The number of carboxylic acids is 1. The van der Waals surface area contributed by atoms with E-state index in [0.29, 0.717) is 17.0 Å². The van der Waals surface area contributed by atoms with Gasteiger partial charge in [-0.15, -0.1) is 13.2 Å². The molecule has 0 aliphatic heterocycles. The lowest BCUT2D eigenvalue weighted by molar-refractivity contribution is -0.274. The standard InChI is InChI=1S/C16H14F3N3O.C2HF3O2.CH3NO/c1-10-7-11-5-6-13(23-16(17,18)19)8-14(11)22(10)15-4-2-3-12(9-20)21-15;3-2(4,5)1(6)7;2-1-3/h2-8H,9,20H2,1H3;(H,6,7);1H,(H2,2,3). The number of rotatable bonds is 3. The lowest BCUT2D eigenvalue weighted by atomic mass is 10.2. The average Bonchev–Trinajstić information content (AvgIpc) is 3.02. The number of aryl methyl sites for hydroxylation is 1. The molecular formula is C19H18F6N4O4. The number of carbonyl (C=O) groups is 2. The van der Waals surface area contributed by atoms with Crippen molar-refractivity contribution in [1.29, 1.82) is 0 Å². The van der Waals surface area contributed by atoms with Crippen LogP contribution in [0.2, 0.25) is 0 Å². The van der Waals surface area contributed by atoms with E-state index < -0.39 is 18.5 Å². The highest BCUT2D eigenvalue weighted by Crippen LogP contribution is 2.30. The maximum absolute atomic E-state index is 12.4. The number of aliphatic carboxylic acids is 1. The van der Waals surface area contributed by atoms with Crippen LogP contribution in [-0.2, 0) is 16.1 Å². The zero-order chi connectivity index (χ0) is 25.4. The molecule has 8 nitrogen and oxygen atoms in total. The SMILES string of the molecule is Cc1cc2ccc(OC(F)(F)F)cc2n1-c1cccc(CN)n1.NC=O.O=C(O)C(F)(F)F. The highest BCUT2D eigenvalue weighted by Gasteiger charge is 2.38. The summed E-state index contributed by atoms with van der Waals surface area (Å²) < 4.78 is 74.8. The molecule has 2 heterocycles. The molecule has 0 aliphatic rings. The fourth-order valence-corrected chi connectivity index (χ4v) is 2.53. The van der Waals surface area contributed by atoms with E-state index in [2.05, 4.69) is 15.5 Å². The molecule has 0 aliphatic carbocycles. The van der Waals surface area contributed by atoms with Gasteiger partial charge in [0.15, 0.2) is 0 Å². The van der Waals surface area contributed by atoms with Gasteiger partial charge in [0.1, 0.15) is 11.6 Å². The van der Waals surface area contributed by atoms with E-state index in [9.17, 15) is 26.3 Å². The van der Waals surface area contributed by atoms with Crippen LogP contribution in [0.15, 0.2) is 42.5 Å². The van der Waals surface area contributed by atoms with E-state index in [-0.39, 0.29) is 18.7 Å². The normalized spacial score (nSPS) is 11.0. The number of benzene rings is 1. The Bertz CT molecular complexity index is 1100. The van der Waals surface area contributed by atoms with Crippen LogP contribution in [0.5, 0.6) is 5.75 Å². The maximum atomic E-state index is 12.4. The summed E-state index contributed by atoms with van der Waals surface area (Å²) in [6, 6.07) is 11.5. The predicted molar refractivity (Wildman–Crippen MR) is 104 cm³/mol. The lowest BCUT2D eigenvalue weighted by Crippen LogP contribution is -2.21. The van der Waals surface area contributed by atoms with E-state index in [1.807, 2.05) is 19.1 Å². The number of fused-ring (bicyclic) bond motifs is 1. The van der Waals surface area contributed by atoms with Crippen molar-refractivity contribution in [1.82, 2.24) is 9.55 Å². The summed E-state index contributed by atoms with van der Waals surface area (Å²) in [4.78, 5) is 21.9. The van der Waals surface area contributed by atoms with Crippen molar-refractivity contribution in [2.24, 2.45) is 11.5 Å². The number of carbonyl (C=O) groups excluding carboxylic acids is 1. The molecule has 3 rings (SSSR count). The second kappa shape index (κ2) is 11.2. The fourth-order valence-electron chi connectivity index (χ4n) is 2.53. The summed E-state index contributed by atoms with van der Waals surface area (Å²) in [6.07, 6.45) is -9.56. The molecular weight excluding hydrogens is 462 g/mol. The van der Waals surface area contributed by atoms with Crippen LogP contribution in [0, 0.1) is 6.92 Å². The summed E-state index contributed by atoms with van der Waals surface area (Å²) in [7, 11) is 0. The number of halogens is 6. The van der Waals surface area contributed by atoms with Crippen LogP contribution in [0.1, 0.15) is 11.4 Å². The predicted octanol–water partition coefficient (Wildman–Crippen LogP) is 3.43. The molecule has 1 amide bonds. The average molecular weight is 480 g/mol. The molecule has 0 atom stereocenters. The third-order valence-corrected chi connectivity index (χ3v) is 3.67. The Labute approximate surface area is 182 Å². The summed E-state index contributed by atoms with van der Waals surface area (Å²) >= 11 is 0. The third kappa shape index (κ3) is 8.33. The Kier molecular flexibility index (Phi) is 9.22. The van der Waals surface area contributed by atoms with Gasteiger partial charge in [-0.1, -0.05) is 6.07 Å². The molecule has 0 spiro atoms. The van der Waals surface area contributed by atoms with Gasteiger partial charge < -0.3 is 21.3 Å². The monoisotopic (exact) mass is 480 g/mol. The molecule has 0 bridgehead atoms. The molecule has 180 valence electrons. The van der Waals surface area contributed by atoms with Gasteiger partial charge in [0.25, 0.3) is 0 Å². The van der Waals surface area contributed by atoms with Crippen LogP contribution >= 0.6 is 0 Å². The minimum atomic E-state index is -5.08. The quantitative estimate of drug-likeness (QED) is 0.389. The molecule has 0 radical (unpaired) electrons. The molecule has 5 N–H and O–H groups in total. The van der Waals surface area contributed by atoms with Gasteiger partial charge in [0, 0.05) is 23.7 Å². The number of alkyl halides is 6. The topological polar surface area (TPSA) is 133 Å². The molecule has 0 saturated carbocycles. The van der Waals surface area contributed by atoms with Crippen LogP contribution in [-0.4, -0.2) is 39.6 Å². The number of carboxylic acid groups (broad SMARTS) is 1. The van der Waals surface area contributed by atoms with Gasteiger partial charge in [-0.2, -0.15) is 13.2 Å². The Hall–Kier alpha value is -3.81.